The van der Waals surface area contributed by atoms with Crippen LogP contribution in [0.15, 0.2) is 22.7 Å². The van der Waals surface area contributed by atoms with Gasteiger partial charge in [-0.1, -0.05) is 0 Å². The first kappa shape index (κ1) is 12.3. The molecule has 1 unspecified atom stereocenters. The fourth-order valence-corrected chi connectivity index (χ4v) is 1.82. The summed E-state index contributed by atoms with van der Waals surface area (Å²) >= 11 is 3.05. The number of rotatable bonds is 2. The molecule has 0 aromatic heterocycles. The van der Waals surface area contributed by atoms with Gasteiger partial charge in [-0.15, -0.1) is 0 Å². The highest BCUT2D eigenvalue weighted by Crippen LogP contribution is 2.19. The van der Waals surface area contributed by atoms with Gasteiger partial charge < -0.3 is 15.4 Å². The molecule has 1 aromatic carbocycles. The Bertz CT molecular complexity index is 422. The summed E-state index contributed by atoms with van der Waals surface area (Å²) < 4.78 is 18.7. The van der Waals surface area contributed by atoms with Crippen LogP contribution in [0.1, 0.15) is 6.42 Å². The molecule has 2 amide bonds. The van der Waals surface area contributed by atoms with E-state index in [0.717, 1.165) is 6.42 Å². The number of benzene rings is 1. The van der Waals surface area contributed by atoms with Crippen molar-refractivity contribution < 1.29 is 13.9 Å². The van der Waals surface area contributed by atoms with Crippen LogP contribution in [-0.2, 0) is 4.74 Å². The van der Waals surface area contributed by atoms with Gasteiger partial charge in [-0.05, 0) is 40.5 Å². The molecule has 0 radical (unpaired) electrons. The molecule has 4 nitrogen and oxygen atoms in total. The van der Waals surface area contributed by atoms with E-state index in [0.29, 0.717) is 23.4 Å². The lowest BCUT2D eigenvalue weighted by Gasteiger charge is -2.12. The molecule has 2 N–H and O–H groups in total. The molecule has 1 heterocycles. The third kappa shape index (κ3) is 3.41. The van der Waals surface area contributed by atoms with Gasteiger partial charge >= 0.3 is 6.03 Å². The Balaban J connectivity index is 1.90. The molecular formula is C11H12BrFN2O2. The monoisotopic (exact) mass is 302 g/mol. The SMILES string of the molecule is O=C(Nc1ccc(Br)c(F)c1)NC1CCOC1. The normalized spacial score (nSPS) is 19.1. The molecule has 6 heteroatoms. The number of anilines is 1. The molecule has 1 aromatic rings. The Kier molecular flexibility index (Phi) is 3.96. The van der Waals surface area contributed by atoms with E-state index < -0.39 is 5.82 Å². The third-order valence-corrected chi connectivity index (χ3v) is 3.09. The van der Waals surface area contributed by atoms with Crippen LogP contribution >= 0.6 is 15.9 Å². The maximum atomic E-state index is 13.2. The molecule has 1 aliphatic heterocycles. The van der Waals surface area contributed by atoms with Crippen LogP contribution in [0.3, 0.4) is 0 Å². The Hall–Kier alpha value is -1.14. The summed E-state index contributed by atoms with van der Waals surface area (Å²) in [6.45, 7) is 1.19. The fraction of sp³-hybridized carbons (Fsp3) is 0.364. The van der Waals surface area contributed by atoms with Crippen LogP contribution in [-0.4, -0.2) is 25.3 Å². The van der Waals surface area contributed by atoms with Crippen molar-refractivity contribution in [2.24, 2.45) is 0 Å². The highest BCUT2D eigenvalue weighted by atomic mass is 79.9. The number of halogens is 2. The van der Waals surface area contributed by atoms with Crippen LogP contribution < -0.4 is 10.6 Å². The second-order valence-corrected chi connectivity index (χ2v) is 4.64. The molecular weight excluding hydrogens is 291 g/mol. The second kappa shape index (κ2) is 5.46. The molecule has 0 spiro atoms. The summed E-state index contributed by atoms with van der Waals surface area (Å²) in [6.07, 6.45) is 0.808. The van der Waals surface area contributed by atoms with Crippen molar-refractivity contribution in [3.05, 3.63) is 28.5 Å². The molecule has 0 saturated carbocycles. The summed E-state index contributed by atoms with van der Waals surface area (Å²) in [5.41, 5.74) is 0.419. The summed E-state index contributed by atoms with van der Waals surface area (Å²) in [4.78, 5) is 11.6. The summed E-state index contributed by atoms with van der Waals surface area (Å²) in [6, 6.07) is 4.12. The number of carbonyl (C=O) groups is 1. The van der Waals surface area contributed by atoms with Crippen molar-refractivity contribution in [1.29, 1.82) is 0 Å². The quantitative estimate of drug-likeness (QED) is 0.882. The van der Waals surface area contributed by atoms with Gasteiger partial charge in [-0.2, -0.15) is 0 Å². The summed E-state index contributed by atoms with van der Waals surface area (Å²) in [7, 11) is 0. The van der Waals surface area contributed by atoms with Gasteiger partial charge in [0.15, 0.2) is 0 Å². The average molecular weight is 303 g/mol. The van der Waals surface area contributed by atoms with Crippen LogP contribution in [0.5, 0.6) is 0 Å². The van der Waals surface area contributed by atoms with Gasteiger partial charge in [0, 0.05) is 12.3 Å². The minimum atomic E-state index is -0.410. The van der Waals surface area contributed by atoms with E-state index in [2.05, 4.69) is 26.6 Å². The van der Waals surface area contributed by atoms with Crippen LogP contribution in [0.2, 0.25) is 0 Å². The van der Waals surface area contributed by atoms with E-state index >= 15 is 0 Å². The highest BCUT2D eigenvalue weighted by Gasteiger charge is 2.17. The van der Waals surface area contributed by atoms with Gasteiger partial charge in [0.05, 0.1) is 17.1 Å². The molecule has 1 saturated heterocycles. The van der Waals surface area contributed by atoms with Gasteiger partial charge in [0.25, 0.3) is 0 Å². The van der Waals surface area contributed by atoms with Gasteiger partial charge in [-0.25, -0.2) is 9.18 Å². The first-order chi connectivity index (χ1) is 8.15. The fourth-order valence-electron chi connectivity index (χ4n) is 1.57. The lowest BCUT2D eigenvalue weighted by Crippen LogP contribution is -2.38. The zero-order chi connectivity index (χ0) is 12.3. The lowest BCUT2D eigenvalue weighted by molar-refractivity contribution is 0.189. The maximum absolute atomic E-state index is 13.2. The average Bonchev–Trinajstić information content (AvgIpc) is 2.76. The van der Waals surface area contributed by atoms with Crippen molar-refractivity contribution in [1.82, 2.24) is 5.32 Å². The first-order valence-electron chi connectivity index (χ1n) is 5.25. The van der Waals surface area contributed by atoms with Crippen LogP contribution in [0.25, 0.3) is 0 Å². The zero-order valence-electron chi connectivity index (χ0n) is 9.00. The molecule has 1 atom stereocenters. The Morgan fingerprint density at radius 2 is 2.35 bits per heavy atom. The molecule has 0 aliphatic carbocycles. The summed E-state index contributed by atoms with van der Waals surface area (Å²) in [5.74, 6) is -0.410. The molecule has 1 aliphatic rings. The molecule has 17 heavy (non-hydrogen) atoms. The van der Waals surface area contributed by atoms with Crippen molar-refractivity contribution in [3.8, 4) is 0 Å². The first-order valence-corrected chi connectivity index (χ1v) is 6.05. The Morgan fingerprint density at radius 1 is 1.53 bits per heavy atom. The van der Waals surface area contributed by atoms with E-state index in [4.69, 9.17) is 4.74 Å². The van der Waals surface area contributed by atoms with E-state index in [1.54, 1.807) is 12.1 Å². The lowest BCUT2D eigenvalue weighted by atomic mass is 10.3. The van der Waals surface area contributed by atoms with E-state index in [-0.39, 0.29) is 12.1 Å². The number of amides is 2. The van der Waals surface area contributed by atoms with E-state index in [1.165, 1.54) is 6.07 Å². The van der Waals surface area contributed by atoms with Crippen molar-refractivity contribution in [2.45, 2.75) is 12.5 Å². The van der Waals surface area contributed by atoms with Crippen molar-refractivity contribution >= 4 is 27.6 Å². The van der Waals surface area contributed by atoms with Gasteiger partial charge in [0.2, 0.25) is 0 Å². The largest absolute Gasteiger partial charge is 0.379 e. The maximum Gasteiger partial charge on any atom is 0.319 e. The number of hydrogen-bond acceptors (Lipinski definition) is 2. The molecule has 1 fully saturated rings. The minimum Gasteiger partial charge on any atom is -0.379 e. The topological polar surface area (TPSA) is 50.4 Å². The van der Waals surface area contributed by atoms with Crippen LogP contribution in [0, 0.1) is 5.82 Å². The third-order valence-electron chi connectivity index (χ3n) is 2.44. The molecule has 2 rings (SSSR count). The Morgan fingerprint density at radius 3 is 3.00 bits per heavy atom. The second-order valence-electron chi connectivity index (χ2n) is 3.79. The van der Waals surface area contributed by atoms with Gasteiger partial charge in [-0.3, -0.25) is 0 Å². The standard InChI is InChI=1S/C11H12BrFN2O2/c12-9-2-1-7(5-10(9)13)14-11(16)15-8-3-4-17-6-8/h1-2,5,8H,3-4,6H2,(H2,14,15,16). The summed E-state index contributed by atoms with van der Waals surface area (Å²) in [5, 5.41) is 5.32. The van der Waals surface area contributed by atoms with E-state index in [1.807, 2.05) is 0 Å². The number of carbonyl (C=O) groups excluding carboxylic acids is 1. The Labute approximate surface area is 107 Å². The molecule has 0 bridgehead atoms. The van der Waals surface area contributed by atoms with Crippen molar-refractivity contribution in [3.63, 3.8) is 0 Å². The van der Waals surface area contributed by atoms with E-state index in [9.17, 15) is 9.18 Å². The number of nitrogens with one attached hydrogen (secondary N) is 2. The predicted octanol–water partition coefficient (Wildman–Crippen LogP) is 2.50. The highest BCUT2D eigenvalue weighted by molar-refractivity contribution is 9.10. The van der Waals surface area contributed by atoms with Crippen molar-refractivity contribution in [2.75, 3.05) is 18.5 Å². The zero-order valence-corrected chi connectivity index (χ0v) is 10.6. The minimum absolute atomic E-state index is 0.0373. The smallest absolute Gasteiger partial charge is 0.319 e. The predicted molar refractivity (Wildman–Crippen MR) is 65.5 cm³/mol. The number of hydrogen-bond donors (Lipinski definition) is 2. The number of urea groups is 1. The number of ether oxygens (including phenoxy) is 1. The van der Waals surface area contributed by atoms with Gasteiger partial charge in [0.1, 0.15) is 5.82 Å². The molecule has 92 valence electrons. The van der Waals surface area contributed by atoms with Crippen LogP contribution in [0.4, 0.5) is 14.9 Å².